The molecule has 1 heterocycles. The maximum absolute atomic E-state index is 12.6. The summed E-state index contributed by atoms with van der Waals surface area (Å²) in [5.41, 5.74) is 1.98. The number of hydrogen-bond acceptors (Lipinski definition) is 8. The van der Waals surface area contributed by atoms with E-state index in [4.69, 9.17) is 15.7 Å². The van der Waals surface area contributed by atoms with Crippen LogP contribution in [0, 0.1) is 5.92 Å². The predicted molar refractivity (Wildman–Crippen MR) is 139 cm³/mol. The van der Waals surface area contributed by atoms with Crippen molar-refractivity contribution in [2.45, 2.75) is 52.5 Å². The van der Waals surface area contributed by atoms with Gasteiger partial charge in [-0.25, -0.2) is 5.01 Å². The number of aliphatic carboxylic acids is 1. The smallest absolute Gasteiger partial charge is 0.325 e. The van der Waals surface area contributed by atoms with Crippen molar-refractivity contribution in [1.29, 1.82) is 0 Å². The van der Waals surface area contributed by atoms with E-state index in [-0.39, 0.29) is 42.9 Å². The van der Waals surface area contributed by atoms with Crippen molar-refractivity contribution in [3.05, 3.63) is 58.0 Å². The second-order valence-electron chi connectivity index (χ2n) is 9.47. The first kappa shape index (κ1) is 29.0. The Kier molecular flexibility index (Phi) is 11.6. The van der Waals surface area contributed by atoms with E-state index in [1.54, 1.807) is 10.9 Å². The molecule has 1 unspecified atom stereocenters. The van der Waals surface area contributed by atoms with Crippen LogP contribution in [-0.2, 0) is 20.7 Å². The van der Waals surface area contributed by atoms with Gasteiger partial charge < -0.3 is 14.7 Å². The highest BCUT2D eigenvalue weighted by molar-refractivity contribution is 5.75. The number of carboxylic acids is 1. The Morgan fingerprint density at radius 3 is 2.67 bits per heavy atom. The average molecular weight is 502 g/mol. The summed E-state index contributed by atoms with van der Waals surface area (Å²) in [7, 11) is 1.82. The molecule has 2 aromatic rings. The van der Waals surface area contributed by atoms with Crippen molar-refractivity contribution in [3.63, 3.8) is 0 Å². The number of aromatic nitrogens is 2. The van der Waals surface area contributed by atoms with Crippen LogP contribution in [0.25, 0.3) is 0 Å². The number of nitrogens with two attached hydrogens (primary N) is 1. The van der Waals surface area contributed by atoms with Crippen LogP contribution in [0.3, 0.4) is 0 Å². The number of anilines is 1. The zero-order valence-electron chi connectivity index (χ0n) is 21.7. The molecule has 36 heavy (non-hydrogen) atoms. The average Bonchev–Trinajstić information content (AvgIpc) is 2.82. The highest BCUT2D eigenvalue weighted by Gasteiger charge is 2.16. The molecular formula is C26H39N5O5. The van der Waals surface area contributed by atoms with E-state index in [0.717, 1.165) is 24.1 Å². The molecule has 0 fully saturated rings. The summed E-state index contributed by atoms with van der Waals surface area (Å²) in [4.78, 5) is 37.4. The number of ether oxygens (including phenoxy) is 1. The lowest BCUT2D eigenvalue weighted by atomic mass is 10.1. The number of nitrogens with zero attached hydrogens (tertiary/aromatic N) is 4. The van der Waals surface area contributed by atoms with Crippen LogP contribution in [0.15, 0.2) is 41.3 Å². The highest BCUT2D eigenvalue weighted by Crippen LogP contribution is 2.18. The van der Waals surface area contributed by atoms with E-state index in [0.29, 0.717) is 25.3 Å². The van der Waals surface area contributed by atoms with Gasteiger partial charge in [0, 0.05) is 44.5 Å². The standard InChI is InChI=1S/C26H39N5O5/c1-5-7-22(16-30(27)12-11-25(33)34)31-13-10-24(32)23(28-31)15-20-8-6-9-21(14-20)29(4)17-26(35)36-18-19(2)3/h6,8-10,13-14,19,22H,5,7,11-12,15-18,27H2,1-4H3,(H,33,34). The van der Waals surface area contributed by atoms with Gasteiger partial charge in [-0.2, -0.15) is 5.10 Å². The zero-order valence-corrected chi connectivity index (χ0v) is 21.7. The van der Waals surface area contributed by atoms with Crippen molar-refractivity contribution in [2.75, 3.05) is 38.2 Å². The van der Waals surface area contributed by atoms with Gasteiger partial charge in [0.1, 0.15) is 12.2 Å². The second kappa shape index (κ2) is 14.4. The normalized spacial score (nSPS) is 12.1. The molecule has 0 saturated carbocycles. The number of hydrogen-bond donors (Lipinski definition) is 2. The Morgan fingerprint density at radius 2 is 2.00 bits per heavy atom. The number of benzene rings is 1. The minimum atomic E-state index is -0.901. The third kappa shape index (κ3) is 9.79. The van der Waals surface area contributed by atoms with Crippen LogP contribution in [-0.4, -0.2) is 65.1 Å². The third-order valence-electron chi connectivity index (χ3n) is 5.62. The van der Waals surface area contributed by atoms with Crippen LogP contribution in [0.5, 0.6) is 0 Å². The third-order valence-corrected chi connectivity index (χ3v) is 5.62. The van der Waals surface area contributed by atoms with Crippen LogP contribution < -0.4 is 16.2 Å². The maximum atomic E-state index is 12.6. The molecule has 0 spiro atoms. The number of carbonyl (C=O) groups is 2. The quantitative estimate of drug-likeness (QED) is 0.215. The van der Waals surface area contributed by atoms with Crippen LogP contribution in [0.4, 0.5) is 5.69 Å². The molecule has 198 valence electrons. The number of carbonyl (C=O) groups excluding carboxylic acids is 1. The molecule has 0 aliphatic heterocycles. The molecule has 10 heteroatoms. The highest BCUT2D eigenvalue weighted by atomic mass is 16.5. The number of likely N-dealkylation sites (N-methyl/N-ethyl adjacent to an activating group) is 1. The van der Waals surface area contributed by atoms with Gasteiger partial charge in [0.05, 0.1) is 19.1 Å². The summed E-state index contributed by atoms with van der Waals surface area (Å²) < 4.78 is 7.02. The van der Waals surface area contributed by atoms with Crippen molar-refractivity contribution < 1.29 is 19.4 Å². The lowest BCUT2D eigenvalue weighted by Gasteiger charge is -2.25. The molecule has 3 N–H and O–H groups in total. The molecule has 2 rings (SSSR count). The molecule has 0 bridgehead atoms. The lowest BCUT2D eigenvalue weighted by Crippen LogP contribution is -2.39. The lowest BCUT2D eigenvalue weighted by molar-refractivity contribution is -0.143. The van der Waals surface area contributed by atoms with Gasteiger partial charge in [0.2, 0.25) is 5.43 Å². The van der Waals surface area contributed by atoms with Crippen LogP contribution in [0.2, 0.25) is 0 Å². The molecule has 1 aromatic carbocycles. The van der Waals surface area contributed by atoms with Gasteiger partial charge in [-0.15, -0.1) is 0 Å². The molecule has 10 nitrogen and oxygen atoms in total. The van der Waals surface area contributed by atoms with E-state index in [2.05, 4.69) is 12.0 Å². The minimum absolute atomic E-state index is 0.0432. The molecule has 0 aliphatic rings. The Bertz CT molecular complexity index is 1060. The molecule has 0 saturated heterocycles. The fourth-order valence-electron chi connectivity index (χ4n) is 3.72. The van der Waals surface area contributed by atoms with Crippen LogP contribution in [0.1, 0.15) is 57.3 Å². The molecular weight excluding hydrogens is 462 g/mol. The minimum Gasteiger partial charge on any atom is -0.481 e. The Hall–Kier alpha value is -3.24. The first-order valence-electron chi connectivity index (χ1n) is 12.3. The van der Waals surface area contributed by atoms with E-state index >= 15 is 0 Å². The SMILES string of the molecule is CCCC(CN(N)CCC(=O)O)n1ccc(=O)c(Cc2cccc(N(C)CC(=O)OCC(C)C)c2)n1. The molecule has 1 aromatic heterocycles. The Morgan fingerprint density at radius 1 is 1.25 bits per heavy atom. The molecule has 0 amide bonds. The van der Waals surface area contributed by atoms with Gasteiger partial charge in [-0.1, -0.05) is 39.3 Å². The van der Waals surface area contributed by atoms with Gasteiger partial charge in [0.15, 0.2) is 0 Å². The van der Waals surface area contributed by atoms with E-state index in [1.165, 1.54) is 11.1 Å². The Balaban J connectivity index is 2.14. The monoisotopic (exact) mass is 501 g/mol. The summed E-state index contributed by atoms with van der Waals surface area (Å²) in [6.07, 6.45) is 3.61. The van der Waals surface area contributed by atoms with Gasteiger partial charge in [-0.05, 0) is 30.0 Å². The van der Waals surface area contributed by atoms with E-state index in [1.807, 2.05) is 50.1 Å². The fourth-order valence-corrected chi connectivity index (χ4v) is 3.72. The first-order chi connectivity index (χ1) is 17.1. The first-order valence-corrected chi connectivity index (χ1v) is 12.3. The number of hydrazine groups is 1. The summed E-state index contributed by atoms with van der Waals surface area (Å²) in [5.74, 6) is 5.11. The number of carboxylic acid groups (broad SMARTS) is 1. The summed E-state index contributed by atoms with van der Waals surface area (Å²) in [6.45, 7) is 7.19. The van der Waals surface area contributed by atoms with Crippen molar-refractivity contribution in [2.24, 2.45) is 11.8 Å². The molecule has 0 radical (unpaired) electrons. The summed E-state index contributed by atoms with van der Waals surface area (Å²) in [6, 6.07) is 9.05. The maximum Gasteiger partial charge on any atom is 0.325 e. The predicted octanol–water partition coefficient (Wildman–Crippen LogP) is 2.46. The number of rotatable bonds is 15. The topological polar surface area (TPSA) is 131 Å². The van der Waals surface area contributed by atoms with Gasteiger partial charge in [0.25, 0.3) is 0 Å². The van der Waals surface area contributed by atoms with Crippen molar-refractivity contribution in [3.8, 4) is 0 Å². The summed E-state index contributed by atoms with van der Waals surface area (Å²) in [5, 5.41) is 15.0. The number of esters is 1. The van der Waals surface area contributed by atoms with Crippen molar-refractivity contribution in [1.82, 2.24) is 14.8 Å². The van der Waals surface area contributed by atoms with Crippen LogP contribution >= 0.6 is 0 Å². The zero-order chi connectivity index (χ0) is 26.7. The second-order valence-corrected chi connectivity index (χ2v) is 9.47. The Labute approximate surface area is 212 Å². The van der Waals surface area contributed by atoms with Gasteiger partial charge >= 0.3 is 11.9 Å². The van der Waals surface area contributed by atoms with E-state index in [9.17, 15) is 14.4 Å². The van der Waals surface area contributed by atoms with Crippen molar-refractivity contribution >= 4 is 17.6 Å². The van der Waals surface area contributed by atoms with E-state index < -0.39 is 5.97 Å². The summed E-state index contributed by atoms with van der Waals surface area (Å²) >= 11 is 0. The largest absolute Gasteiger partial charge is 0.481 e. The fraction of sp³-hybridized carbons (Fsp3) is 0.538. The molecule has 0 aliphatic carbocycles. The molecule has 1 atom stereocenters. The van der Waals surface area contributed by atoms with Gasteiger partial charge in [-0.3, -0.25) is 24.9 Å².